The number of hydrogen-bond acceptors (Lipinski definition) is 7. The van der Waals surface area contributed by atoms with Crippen molar-refractivity contribution in [2.24, 2.45) is 0 Å². The number of fused-ring (bicyclic) bond motifs is 1. The van der Waals surface area contributed by atoms with Crippen molar-refractivity contribution in [3.63, 3.8) is 0 Å². The maximum atomic E-state index is 13.1. The molecule has 0 saturated carbocycles. The van der Waals surface area contributed by atoms with Crippen molar-refractivity contribution >= 4 is 11.0 Å². The minimum atomic E-state index is -0.467. The minimum absolute atomic E-state index is 0.0355. The average Bonchev–Trinajstić information content (AvgIpc) is 3.46. The van der Waals surface area contributed by atoms with Gasteiger partial charge in [-0.1, -0.05) is 48.8 Å². The molecule has 0 aliphatic carbocycles. The summed E-state index contributed by atoms with van der Waals surface area (Å²) >= 11 is 0. The number of unbranched alkanes of at least 4 members (excludes halogenated alkanes) is 1. The SMILES string of the molecule is CCCCc1[nH]c(=O)c(-c2nnc(Cc3noc4ccccc34)o2)c(O)c1-c1c(C)cccc1C. The molecule has 3 aromatic heterocycles. The van der Waals surface area contributed by atoms with Crippen LogP contribution in [0, 0.1) is 13.8 Å². The maximum absolute atomic E-state index is 13.1. The number of H-pyrrole nitrogens is 1. The van der Waals surface area contributed by atoms with E-state index in [0.29, 0.717) is 29.0 Å². The lowest BCUT2D eigenvalue weighted by Gasteiger charge is -2.17. The number of aromatic amines is 1. The third-order valence-electron chi connectivity index (χ3n) is 6.23. The minimum Gasteiger partial charge on any atom is -0.506 e. The standard InChI is InChI=1S/C27H26N4O4/c1-4-5-12-18-23(22-15(2)9-8-10-16(22)3)25(32)24(26(33)28-18)27-30-29-21(34-27)14-19-17-11-6-7-13-20(17)35-31-19/h6-11,13H,4-5,12,14H2,1-3H3,(H2,28,32,33). The zero-order valence-electron chi connectivity index (χ0n) is 19.9. The number of pyridine rings is 1. The molecule has 2 N–H and O–H groups in total. The van der Waals surface area contributed by atoms with E-state index < -0.39 is 5.56 Å². The van der Waals surface area contributed by atoms with Gasteiger partial charge in [0.1, 0.15) is 17.0 Å². The summed E-state index contributed by atoms with van der Waals surface area (Å²) in [6.45, 7) is 6.06. The number of para-hydroxylation sites is 1. The van der Waals surface area contributed by atoms with E-state index in [0.717, 1.165) is 34.9 Å². The molecule has 35 heavy (non-hydrogen) atoms. The first kappa shape index (κ1) is 22.6. The Morgan fingerprint density at radius 3 is 2.51 bits per heavy atom. The highest BCUT2D eigenvalue weighted by molar-refractivity contribution is 5.83. The molecule has 178 valence electrons. The second-order valence-corrected chi connectivity index (χ2v) is 8.70. The van der Waals surface area contributed by atoms with E-state index in [-0.39, 0.29) is 29.5 Å². The van der Waals surface area contributed by atoms with Gasteiger partial charge in [-0.05, 0) is 55.5 Å². The van der Waals surface area contributed by atoms with Gasteiger partial charge in [0.25, 0.3) is 11.4 Å². The molecule has 0 aliphatic rings. The molecule has 0 spiro atoms. The monoisotopic (exact) mass is 470 g/mol. The van der Waals surface area contributed by atoms with Gasteiger partial charge < -0.3 is 19.0 Å². The van der Waals surface area contributed by atoms with Crippen LogP contribution in [-0.4, -0.2) is 25.4 Å². The Kier molecular flexibility index (Phi) is 5.94. The van der Waals surface area contributed by atoms with Crippen LogP contribution in [0.3, 0.4) is 0 Å². The zero-order chi connectivity index (χ0) is 24.5. The highest BCUT2D eigenvalue weighted by atomic mass is 16.5. The second-order valence-electron chi connectivity index (χ2n) is 8.70. The van der Waals surface area contributed by atoms with Gasteiger partial charge in [-0.2, -0.15) is 0 Å². The Labute approximate surface area is 201 Å². The van der Waals surface area contributed by atoms with Crippen molar-refractivity contribution in [2.45, 2.75) is 46.5 Å². The molecule has 0 atom stereocenters. The fraction of sp³-hybridized carbons (Fsp3) is 0.259. The van der Waals surface area contributed by atoms with Gasteiger partial charge in [0.15, 0.2) is 5.58 Å². The van der Waals surface area contributed by atoms with Crippen LogP contribution in [0.5, 0.6) is 5.75 Å². The summed E-state index contributed by atoms with van der Waals surface area (Å²) in [6, 6.07) is 13.5. The van der Waals surface area contributed by atoms with E-state index in [1.54, 1.807) is 0 Å². The third kappa shape index (κ3) is 4.12. The molecule has 0 saturated heterocycles. The number of benzene rings is 2. The molecule has 0 aliphatic heterocycles. The van der Waals surface area contributed by atoms with E-state index in [1.807, 2.05) is 56.3 Å². The first-order valence-corrected chi connectivity index (χ1v) is 11.7. The summed E-state index contributed by atoms with van der Waals surface area (Å²) in [4.78, 5) is 16.1. The molecule has 8 nitrogen and oxygen atoms in total. The highest BCUT2D eigenvalue weighted by Gasteiger charge is 2.25. The number of rotatable bonds is 7. The summed E-state index contributed by atoms with van der Waals surface area (Å²) in [5, 5.41) is 24.6. The molecule has 0 bridgehead atoms. The normalized spacial score (nSPS) is 11.4. The molecule has 0 radical (unpaired) electrons. The molecule has 0 unspecified atom stereocenters. The fourth-order valence-electron chi connectivity index (χ4n) is 4.49. The number of aryl methyl sites for hydroxylation is 3. The van der Waals surface area contributed by atoms with Gasteiger partial charge >= 0.3 is 0 Å². The molecule has 0 fully saturated rings. The number of nitrogens with zero attached hydrogens (tertiary/aromatic N) is 3. The molecule has 5 rings (SSSR count). The van der Waals surface area contributed by atoms with Crippen LogP contribution in [0.4, 0.5) is 0 Å². The highest BCUT2D eigenvalue weighted by Crippen LogP contribution is 2.40. The van der Waals surface area contributed by atoms with Crippen molar-refractivity contribution in [1.29, 1.82) is 0 Å². The molecule has 5 aromatic rings. The van der Waals surface area contributed by atoms with Crippen LogP contribution in [0.25, 0.3) is 33.6 Å². The first-order valence-electron chi connectivity index (χ1n) is 11.7. The Balaban J connectivity index is 1.60. The molecular weight excluding hydrogens is 444 g/mol. The summed E-state index contributed by atoms with van der Waals surface area (Å²) in [5.74, 6) is 0.0713. The number of nitrogens with one attached hydrogen (secondary N) is 1. The van der Waals surface area contributed by atoms with Gasteiger partial charge in [-0.25, -0.2) is 0 Å². The molecular formula is C27H26N4O4. The van der Waals surface area contributed by atoms with Gasteiger partial charge in [0, 0.05) is 16.6 Å². The number of hydrogen-bond donors (Lipinski definition) is 2. The van der Waals surface area contributed by atoms with Crippen molar-refractivity contribution in [3.8, 4) is 28.3 Å². The topological polar surface area (TPSA) is 118 Å². The van der Waals surface area contributed by atoms with Crippen molar-refractivity contribution in [3.05, 3.63) is 81.2 Å². The van der Waals surface area contributed by atoms with Crippen LogP contribution < -0.4 is 5.56 Å². The smallest absolute Gasteiger partial charge is 0.264 e. The summed E-state index contributed by atoms with van der Waals surface area (Å²) in [7, 11) is 0. The maximum Gasteiger partial charge on any atom is 0.264 e. The lowest BCUT2D eigenvalue weighted by molar-refractivity contribution is 0.440. The summed E-state index contributed by atoms with van der Waals surface area (Å²) in [6.07, 6.45) is 2.71. The van der Waals surface area contributed by atoms with Gasteiger partial charge in [0.2, 0.25) is 5.89 Å². The second kappa shape index (κ2) is 9.21. The first-order chi connectivity index (χ1) is 17.0. The fourth-order valence-corrected chi connectivity index (χ4v) is 4.49. The lowest BCUT2D eigenvalue weighted by Crippen LogP contribution is -2.14. The zero-order valence-corrected chi connectivity index (χ0v) is 19.9. The van der Waals surface area contributed by atoms with Crippen LogP contribution in [0.15, 0.2) is 56.2 Å². The summed E-state index contributed by atoms with van der Waals surface area (Å²) in [5.41, 5.74) is 5.01. The van der Waals surface area contributed by atoms with E-state index in [1.165, 1.54) is 0 Å². The van der Waals surface area contributed by atoms with E-state index in [4.69, 9.17) is 8.94 Å². The average molecular weight is 471 g/mol. The Morgan fingerprint density at radius 1 is 0.971 bits per heavy atom. The Morgan fingerprint density at radius 2 is 1.74 bits per heavy atom. The Hall–Kier alpha value is -4.20. The molecule has 8 heteroatoms. The number of aromatic hydroxyl groups is 1. The van der Waals surface area contributed by atoms with Gasteiger partial charge in [-0.3, -0.25) is 4.79 Å². The van der Waals surface area contributed by atoms with Crippen LogP contribution >= 0.6 is 0 Å². The Bertz CT molecular complexity index is 1560. The van der Waals surface area contributed by atoms with E-state index >= 15 is 0 Å². The predicted molar refractivity (Wildman–Crippen MR) is 132 cm³/mol. The van der Waals surface area contributed by atoms with Crippen molar-refractivity contribution in [2.75, 3.05) is 0 Å². The quantitative estimate of drug-likeness (QED) is 0.323. The van der Waals surface area contributed by atoms with Gasteiger partial charge in [-0.15, -0.1) is 10.2 Å². The van der Waals surface area contributed by atoms with E-state index in [2.05, 4.69) is 27.3 Å². The predicted octanol–water partition coefficient (Wildman–Crippen LogP) is 5.49. The van der Waals surface area contributed by atoms with Crippen LogP contribution in [-0.2, 0) is 12.8 Å². The molecule has 0 amide bonds. The third-order valence-corrected chi connectivity index (χ3v) is 6.23. The molecule has 3 heterocycles. The summed E-state index contributed by atoms with van der Waals surface area (Å²) < 4.78 is 11.2. The largest absolute Gasteiger partial charge is 0.506 e. The molecule has 2 aromatic carbocycles. The van der Waals surface area contributed by atoms with Crippen LogP contribution in [0.1, 0.15) is 48.2 Å². The van der Waals surface area contributed by atoms with Crippen LogP contribution in [0.2, 0.25) is 0 Å². The van der Waals surface area contributed by atoms with Gasteiger partial charge in [0.05, 0.1) is 6.42 Å². The van der Waals surface area contributed by atoms with Crippen molar-refractivity contribution < 1.29 is 14.0 Å². The lowest BCUT2D eigenvalue weighted by atomic mass is 9.91. The van der Waals surface area contributed by atoms with E-state index in [9.17, 15) is 9.90 Å². The van der Waals surface area contributed by atoms with Crippen molar-refractivity contribution in [1.82, 2.24) is 20.3 Å². The number of aromatic nitrogens is 4.